The number of amides is 2. The number of nitro benzene ring substituents is 1. The number of hydrogen-bond donors (Lipinski definition) is 9. The van der Waals surface area contributed by atoms with Gasteiger partial charge in [0.1, 0.15) is 42.9 Å². The third-order valence-electron chi connectivity index (χ3n) is 14.8. The number of aliphatic hydroxyl groups is 1. The van der Waals surface area contributed by atoms with Gasteiger partial charge in [-0.3, -0.25) is 15.4 Å². The zero-order valence-electron chi connectivity index (χ0n) is 59.4. The number of carbonyl (C=O) groups is 1. The van der Waals surface area contributed by atoms with Crippen molar-refractivity contribution in [1.29, 1.82) is 0 Å². The number of non-ortho nitro benzene ring substituents is 1. The van der Waals surface area contributed by atoms with E-state index in [1.54, 1.807) is 91.2 Å². The molecule has 15 N–H and O–H groups in total. The van der Waals surface area contributed by atoms with Gasteiger partial charge in [0, 0.05) is 112 Å². The average Bonchev–Trinajstić information content (AvgIpc) is 1.78. The van der Waals surface area contributed by atoms with Gasteiger partial charge in [0.15, 0.2) is 0 Å². The van der Waals surface area contributed by atoms with Crippen LogP contribution in [0, 0.1) is 24.5 Å². The van der Waals surface area contributed by atoms with Crippen molar-refractivity contribution in [2.45, 2.75) is 72.6 Å². The van der Waals surface area contributed by atoms with Gasteiger partial charge in [0.2, 0.25) is 29.7 Å². The number of nitrogen functional groups attached to an aromatic ring is 6. The Bertz CT molecular complexity index is 5010. The predicted molar refractivity (Wildman–Crippen MR) is 418 cm³/mol. The molecule has 31 heteroatoms. The van der Waals surface area contributed by atoms with Crippen LogP contribution < -0.4 is 59.2 Å². The fourth-order valence-corrected chi connectivity index (χ4v) is 9.63. The summed E-state index contributed by atoms with van der Waals surface area (Å²) in [5.74, 6) is 3.67. The van der Waals surface area contributed by atoms with Crippen molar-refractivity contribution in [3.05, 3.63) is 258 Å². The number of halogens is 1. The number of fused-ring (bicyclic) bond motifs is 3. The average molecular weight is 1720 g/mol. The van der Waals surface area contributed by atoms with Crippen LogP contribution in [0.25, 0.3) is 38.0 Å². The second-order valence-electron chi connectivity index (χ2n) is 23.1. The van der Waals surface area contributed by atoms with Gasteiger partial charge in [-0.15, -0.1) is 0 Å². The van der Waals surface area contributed by atoms with E-state index in [0.29, 0.717) is 62.4 Å². The molecule has 0 fully saturated rings. The zero-order chi connectivity index (χ0) is 74.7. The molecule has 0 bridgehead atoms. The Hall–Kier alpha value is -11.9. The molecule has 0 saturated heterocycles. The fourth-order valence-electron chi connectivity index (χ4n) is 9.63. The molecule has 1 unspecified atom stereocenters. The summed E-state index contributed by atoms with van der Waals surface area (Å²) >= 11 is 1.96. The van der Waals surface area contributed by atoms with E-state index in [0.717, 1.165) is 61.3 Å². The SMILES string of the molecule is COC(C)c1ccnc(N)n1.Cc1ccc(-n2nc(C(C)(C)C)cc2NC(=O)Nc2ccc(OCc3ccnc(N)n3)c3ccccc23)cc1.Nc1nccc(CO)n1.Nc1nccc(COc2ccc(N)c3ccccc23)n1.Nc1nccc(COc2ccc([N+](=O)[O-])c3ccccc23)n1.[2H]CI.[CH3-].[HH].[Pt]. The van der Waals surface area contributed by atoms with E-state index in [-0.39, 0.29) is 103 Å². The minimum absolute atomic E-state index is 0. The Morgan fingerprint density at radius 3 is 1.45 bits per heavy atom. The van der Waals surface area contributed by atoms with E-state index in [1.807, 2.05) is 146 Å². The van der Waals surface area contributed by atoms with Crippen LogP contribution in [0.5, 0.6) is 17.2 Å². The van der Waals surface area contributed by atoms with Gasteiger partial charge in [-0.05, 0) is 97.6 Å². The van der Waals surface area contributed by atoms with Gasteiger partial charge in [-0.1, -0.05) is 128 Å². The minimum atomic E-state index is -0.406. The zero-order valence-corrected chi connectivity index (χ0v) is 62.9. The van der Waals surface area contributed by atoms with Crippen molar-refractivity contribution in [1.82, 2.24) is 59.6 Å². The molecule has 0 aliphatic rings. The van der Waals surface area contributed by atoms with Crippen LogP contribution in [0.1, 0.15) is 76.3 Å². The maximum absolute atomic E-state index is 13.2. The summed E-state index contributed by atoms with van der Waals surface area (Å²) < 4.78 is 30.6. The van der Waals surface area contributed by atoms with Crippen molar-refractivity contribution in [3.8, 4) is 22.9 Å². The first kappa shape index (κ1) is 80.4. The van der Waals surface area contributed by atoms with Gasteiger partial charge < -0.3 is 71.2 Å². The molecule has 2 amide bonds. The summed E-state index contributed by atoms with van der Waals surface area (Å²) in [7, 11) is 1.63. The number of alkyl halides is 1. The second kappa shape index (κ2) is 40.1. The van der Waals surface area contributed by atoms with E-state index in [2.05, 4.69) is 81.2 Å². The normalized spacial score (nSPS) is 10.8. The Kier molecular flexibility index (Phi) is 30.7. The Morgan fingerprint density at radius 2 is 1.00 bits per heavy atom. The Morgan fingerprint density at radius 1 is 0.590 bits per heavy atom. The fraction of sp³-hybridized carbons (Fsp3) is 0.176. The number of urea groups is 1. The first-order chi connectivity index (χ1) is 50.0. The molecule has 13 aromatic rings. The van der Waals surface area contributed by atoms with E-state index in [1.165, 1.54) is 12.3 Å². The number of methoxy groups -OCH3 is 1. The molecular formula is C74H83IN21O8Pt-. The van der Waals surface area contributed by atoms with Crippen molar-refractivity contribution < 1.29 is 57.6 Å². The predicted octanol–water partition coefficient (Wildman–Crippen LogP) is 13.4. The standard InChI is InChI=1S/C30H31N7O2.C15H12N4O3.C15H14N4O.C7H11N3O.C5H7N3O.CH3I.CH3.Pt.H2/c1-19-9-11-21(12-10-19)37-27(17-26(36-37)30(2,3)4)35-29(38)34-24-13-14-25(23-8-6-5-7-22(23)24)39-18-20-15-16-32-28(31)33-20;16-15-17-8-7-10(18-15)9-22-14-6-5-13(19(20)21)11-3-1-2-4-12(11)14;16-13-5-6-14(12-4-2-1-3-11(12)13)20-9-10-7-8-18-15(17)19-10;1-5(11-2)6-3-4-9-7(8)10-6;6-5-7-2-1-4(3-9)8-5;1-2;;;/h5-17H,18H2,1-4H3,(H2,31,32,33)(H2,34,35,38);1-8H,9H2,(H2,16,17,18);1-8H,9,16H2,(H2,17,18,19);3-5H,1-2H3,(H2,8,9,10);1-2,9H,3H2,(H2,6,7,8);1H3;1H3;;1H/q;;;;;;-1;;/i;;;;;1D;;;. The molecule has 0 spiro atoms. The maximum atomic E-state index is 13.2. The number of aliphatic hydroxyl groups excluding tert-OH is 1. The number of ether oxygens (including phenoxy) is 4. The van der Waals surface area contributed by atoms with Crippen LogP contribution in [-0.4, -0.2) is 87.7 Å². The van der Waals surface area contributed by atoms with Crippen molar-refractivity contribution >= 4 is 114 Å². The summed E-state index contributed by atoms with van der Waals surface area (Å²) in [6.45, 7) is 10.9. The van der Waals surface area contributed by atoms with Crippen LogP contribution in [0.4, 0.5) is 57.4 Å². The maximum Gasteiger partial charge on any atom is 0.324 e. The number of carbonyl (C=O) groups excluding carboxylic acids is 1. The number of nitrogens with one attached hydrogen (secondary N) is 2. The van der Waals surface area contributed by atoms with E-state index < -0.39 is 4.92 Å². The molecule has 6 aromatic heterocycles. The molecule has 7 aromatic carbocycles. The first-order valence-corrected chi connectivity index (χ1v) is 33.0. The summed E-state index contributed by atoms with van der Waals surface area (Å²) in [5, 5.41) is 35.2. The quantitative estimate of drug-likeness (QED) is 0.0108. The Labute approximate surface area is 637 Å². The van der Waals surface area contributed by atoms with Crippen molar-refractivity contribution in [2.75, 3.05) is 57.1 Å². The van der Waals surface area contributed by atoms with Gasteiger partial charge in [0.25, 0.3) is 5.69 Å². The summed E-state index contributed by atoms with van der Waals surface area (Å²) in [6.07, 6.45) is 7.86. The number of nitro groups is 1. The van der Waals surface area contributed by atoms with E-state index >= 15 is 0 Å². The molecule has 13 rings (SSSR count). The smallest absolute Gasteiger partial charge is 0.324 e. The van der Waals surface area contributed by atoms with Crippen LogP contribution in [0.2, 0.25) is 0 Å². The van der Waals surface area contributed by atoms with Crippen LogP contribution in [0.3, 0.4) is 0 Å². The number of hydrogen-bond acceptors (Lipinski definition) is 25. The molecule has 0 radical (unpaired) electrons. The van der Waals surface area contributed by atoms with Crippen LogP contribution in [0.15, 0.2) is 201 Å². The monoisotopic (exact) mass is 1720 g/mol. The second-order valence-corrected chi connectivity index (χ2v) is 23.1. The number of aryl methyl sites for hydroxylation is 1. The van der Waals surface area contributed by atoms with Gasteiger partial charge >= 0.3 is 6.03 Å². The number of aromatic nitrogens is 12. The summed E-state index contributed by atoms with van der Waals surface area (Å²) in [4.78, 5) is 63.4. The molecule has 0 saturated carbocycles. The Balaban J connectivity index is 0.000000258. The molecule has 6 heterocycles. The molecule has 1 atom stereocenters. The largest absolute Gasteiger partial charge is 0.487 e. The summed E-state index contributed by atoms with van der Waals surface area (Å²) in [5.41, 5.74) is 40.8. The van der Waals surface area contributed by atoms with Crippen LogP contribution >= 0.6 is 22.6 Å². The van der Waals surface area contributed by atoms with E-state index in [9.17, 15) is 14.9 Å². The molecule has 0 aliphatic heterocycles. The number of rotatable bonds is 16. The number of nitrogens with zero attached hydrogens (tertiary/aromatic N) is 13. The molecule has 0 aliphatic carbocycles. The van der Waals surface area contributed by atoms with Crippen molar-refractivity contribution in [3.63, 3.8) is 0 Å². The topological polar surface area (TPSA) is 444 Å². The number of benzene rings is 7. The van der Waals surface area contributed by atoms with E-state index in [4.69, 9.17) is 64.9 Å². The van der Waals surface area contributed by atoms with Crippen LogP contribution in [-0.2, 0) is 57.6 Å². The van der Waals surface area contributed by atoms with Gasteiger partial charge in [0.05, 0.1) is 68.6 Å². The summed E-state index contributed by atoms with van der Waals surface area (Å²) in [6, 6.07) is 51.2. The number of anilines is 8. The van der Waals surface area contributed by atoms with Gasteiger partial charge in [-0.2, -0.15) is 5.10 Å². The molecule has 105 heavy (non-hydrogen) atoms. The molecule has 550 valence electrons. The van der Waals surface area contributed by atoms with Gasteiger partial charge in [-0.25, -0.2) is 59.3 Å². The minimum Gasteiger partial charge on any atom is -0.487 e. The molecule has 29 nitrogen and oxygen atoms in total. The number of nitrogens with two attached hydrogens (primary N) is 6. The van der Waals surface area contributed by atoms with Crippen molar-refractivity contribution in [2.24, 2.45) is 0 Å². The third kappa shape index (κ3) is 23.9. The third-order valence-corrected chi connectivity index (χ3v) is 14.8. The first-order valence-electron chi connectivity index (χ1n) is 32.2. The molecular weight excluding hydrogens is 1630 g/mol.